The van der Waals surface area contributed by atoms with Crippen LogP contribution in [0, 0.1) is 16.7 Å². The number of halogens is 2. The predicted molar refractivity (Wildman–Crippen MR) is 124 cm³/mol. The maximum Gasteiger partial charge on any atom is 0.326 e. The number of nitrogens with one attached hydrogen (secondary N) is 2. The Balaban J connectivity index is 1.87. The van der Waals surface area contributed by atoms with E-state index in [9.17, 15) is 29.4 Å². The summed E-state index contributed by atoms with van der Waals surface area (Å²) in [5, 5.41) is 24.9. The van der Waals surface area contributed by atoms with Crippen LogP contribution in [0.2, 0.25) is 10.0 Å². The van der Waals surface area contributed by atoms with Crippen molar-refractivity contribution in [3.8, 4) is 0 Å². The molecule has 0 saturated heterocycles. The highest BCUT2D eigenvalue weighted by molar-refractivity contribution is 6.39. The topological polar surface area (TPSA) is 133 Å². The van der Waals surface area contributed by atoms with Crippen LogP contribution in [0.3, 0.4) is 0 Å². The predicted octanol–water partition coefficient (Wildman–Crippen LogP) is 3.99. The summed E-state index contributed by atoms with van der Waals surface area (Å²) in [6.07, 6.45) is 1.83. The molecule has 1 saturated carbocycles. The Kier molecular flexibility index (Phi) is 8.76. The summed E-state index contributed by atoms with van der Waals surface area (Å²) in [7, 11) is 0. The quantitative estimate of drug-likeness (QED) is 0.359. The van der Waals surface area contributed by atoms with Crippen LogP contribution in [-0.2, 0) is 14.4 Å². The van der Waals surface area contributed by atoms with E-state index in [0.717, 1.165) is 0 Å². The first-order valence-electron chi connectivity index (χ1n) is 10.8. The molecule has 0 aliphatic heterocycles. The van der Waals surface area contributed by atoms with Crippen LogP contribution in [0.1, 0.15) is 63.2 Å². The van der Waals surface area contributed by atoms with Gasteiger partial charge in [-0.3, -0.25) is 14.4 Å². The lowest BCUT2D eigenvalue weighted by Crippen LogP contribution is -2.49. The molecule has 0 unspecified atom stereocenters. The molecule has 4 N–H and O–H groups in total. The largest absolute Gasteiger partial charge is 0.481 e. The molecule has 0 bridgehead atoms. The minimum absolute atomic E-state index is 0.174. The zero-order chi connectivity index (χ0) is 25.0. The van der Waals surface area contributed by atoms with E-state index in [1.165, 1.54) is 0 Å². The molecule has 33 heavy (non-hydrogen) atoms. The Hall–Kier alpha value is -2.32. The summed E-state index contributed by atoms with van der Waals surface area (Å²) in [6, 6.07) is 3.66. The number of benzene rings is 1. The fourth-order valence-corrected chi connectivity index (χ4v) is 4.92. The molecular formula is C23H30Cl2N2O6. The van der Waals surface area contributed by atoms with Gasteiger partial charge in [0.2, 0.25) is 5.91 Å². The lowest BCUT2D eigenvalue weighted by molar-refractivity contribution is -0.155. The molecule has 182 valence electrons. The van der Waals surface area contributed by atoms with Crippen molar-refractivity contribution in [2.75, 3.05) is 6.54 Å². The molecule has 0 spiro atoms. The summed E-state index contributed by atoms with van der Waals surface area (Å²) < 4.78 is 0. The van der Waals surface area contributed by atoms with Gasteiger partial charge in [0.15, 0.2) is 0 Å². The number of carbonyl (C=O) groups excluding carboxylic acids is 2. The number of carboxylic acid groups (broad SMARTS) is 2. The fraction of sp³-hybridized carbons (Fsp3) is 0.565. The van der Waals surface area contributed by atoms with Crippen LogP contribution in [0.25, 0.3) is 0 Å². The smallest absolute Gasteiger partial charge is 0.326 e. The molecular weight excluding hydrogens is 471 g/mol. The first kappa shape index (κ1) is 26.9. The van der Waals surface area contributed by atoms with Crippen LogP contribution < -0.4 is 10.6 Å². The second-order valence-electron chi connectivity index (χ2n) is 9.20. The number of hydrogen-bond donors (Lipinski definition) is 4. The van der Waals surface area contributed by atoms with Crippen molar-refractivity contribution in [1.82, 2.24) is 10.6 Å². The number of aliphatic carboxylic acids is 2. The van der Waals surface area contributed by atoms with E-state index in [1.807, 2.05) is 0 Å². The molecule has 1 aromatic carbocycles. The van der Waals surface area contributed by atoms with Gasteiger partial charge in [0.25, 0.3) is 5.91 Å². The van der Waals surface area contributed by atoms with Crippen molar-refractivity contribution < 1.29 is 29.4 Å². The standard InChI is InChI=1S/C23H30Cl2N2O6/c1-22(2)13(10-11-23(22,3)21(32)33)18(28)27-16(20(30)31)9-4-5-12-26-19(29)17-14(24)7-6-8-15(17)25/h6-8,13,16H,4-5,9-12H2,1-3H3,(H,26,29)(H,27,28)(H,30,31)(H,32,33)/t13-,16+,23-/m1/s1. The van der Waals surface area contributed by atoms with Gasteiger partial charge in [0.1, 0.15) is 6.04 Å². The molecule has 2 amide bonds. The first-order chi connectivity index (χ1) is 15.3. The second kappa shape index (κ2) is 10.7. The van der Waals surface area contributed by atoms with Gasteiger partial charge in [-0.2, -0.15) is 0 Å². The molecule has 1 fully saturated rings. The van der Waals surface area contributed by atoms with Crippen molar-refractivity contribution >= 4 is 47.0 Å². The first-order valence-corrected chi connectivity index (χ1v) is 11.6. The van der Waals surface area contributed by atoms with Crippen molar-refractivity contribution in [3.63, 3.8) is 0 Å². The fourth-order valence-electron chi connectivity index (χ4n) is 4.35. The van der Waals surface area contributed by atoms with Crippen LogP contribution in [-0.4, -0.2) is 46.6 Å². The van der Waals surface area contributed by atoms with Gasteiger partial charge in [0, 0.05) is 12.5 Å². The zero-order valence-electron chi connectivity index (χ0n) is 18.9. The monoisotopic (exact) mass is 500 g/mol. The van der Waals surface area contributed by atoms with Gasteiger partial charge in [-0.05, 0) is 56.6 Å². The lowest BCUT2D eigenvalue weighted by Gasteiger charge is -2.38. The molecule has 10 heteroatoms. The molecule has 0 radical (unpaired) electrons. The van der Waals surface area contributed by atoms with E-state index in [4.69, 9.17) is 23.2 Å². The third kappa shape index (κ3) is 5.79. The number of unbranched alkanes of at least 4 members (excludes halogenated alkanes) is 1. The van der Waals surface area contributed by atoms with E-state index in [2.05, 4.69) is 10.6 Å². The number of rotatable bonds is 10. The van der Waals surface area contributed by atoms with Gasteiger partial charge < -0.3 is 20.8 Å². The summed E-state index contributed by atoms with van der Waals surface area (Å²) >= 11 is 12.0. The summed E-state index contributed by atoms with van der Waals surface area (Å²) in [4.78, 5) is 48.5. The molecule has 0 aromatic heterocycles. The van der Waals surface area contributed by atoms with E-state index in [1.54, 1.807) is 39.0 Å². The molecule has 1 aromatic rings. The number of carboxylic acids is 2. The summed E-state index contributed by atoms with van der Waals surface area (Å²) in [5.74, 6) is -3.58. The molecule has 3 atom stereocenters. The van der Waals surface area contributed by atoms with Crippen LogP contribution in [0.5, 0.6) is 0 Å². The molecule has 8 nitrogen and oxygen atoms in total. The van der Waals surface area contributed by atoms with Gasteiger partial charge in [-0.15, -0.1) is 0 Å². The number of carbonyl (C=O) groups is 4. The maximum absolute atomic E-state index is 12.8. The third-order valence-electron chi connectivity index (χ3n) is 7.02. The Morgan fingerprint density at radius 2 is 1.70 bits per heavy atom. The Bertz CT molecular complexity index is 915. The Labute approximate surface area is 203 Å². The zero-order valence-corrected chi connectivity index (χ0v) is 20.4. The lowest BCUT2D eigenvalue weighted by atomic mass is 9.65. The van der Waals surface area contributed by atoms with Crippen molar-refractivity contribution in [2.24, 2.45) is 16.7 Å². The molecule has 2 rings (SSSR count). The summed E-state index contributed by atoms with van der Waals surface area (Å²) in [5.41, 5.74) is -1.70. The summed E-state index contributed by atoms with van der Waals surface area (Å²) in [6.45, 7) is 5.39. The van der Waals surface area contributed by atoms with Crippen molar-refractivity contribution in [3.05, 3.63) is 33.8 Å². The number of amides is 2. The average Bonchev–Trinajstić information content (AvgIpc) is 2.96. The Morgan fingerprint density at radius 3 is 2.21 bits per heavy atom. The highest BCUT2D eigenvalue weighted by Crippen LogP contribution is 2.56. The molecule has 1 aliphatic carbocycles. The SMILES string of the molecule is CC1(C)[C@@H](C(=O)N[C@@H](CCCCNC(=O)c2c(Cl)cccc2Cl)C(=O)O)CC[C@]1(C)C(=O)O. The van der Waals surface area contributed by atoms with Crippen molar-refractivity contribution in [2.45, 2.75) is 58.9 Å². The molecule has 1 aliphatic rings. The van der Waals surface area contributed by atoms with Crippen LogP contribution in [0.4, 0.5) is 0 Å². The number of hydrogen-bond acceptors (Lipinski definition) is 4. The third-order valence-corrected chi connectivity index (χ3v) is 7.65. The van der Waals surface area contributed by atoms with E-state index in [0.29, 0.717) is 25.7 Å². The van der Waals surface area contributed by atoms with E-state index in [-0.39, 0.29) is 28.6 Å². The van der Waals surface area contributed by atoms with Gasteiger partial charge >= 0.3 is 11.9 Å². The van der Waals surface area contributed by atoms with E-state index < -0.39 is 46.5 Å². The second-order valence-corrected chi connectivity index (χ2v) is 10.0. The van der Waals surface area contributed by atoms with Gasteiger partial charge in [0.05, 0.1) is 21.0 Å². The van der Waals surface area contributed by atoms with Crippen LogP contribution in [0.15, 0.2) is 18.2 Å². The normalized spacial score (nSPS) is 22.4. The van der Waals surface area contributed by atoms with Crippen molar-refractivity contribution in [1.29, 1.82) is 0 Å². The van der Waals surface area contributed by atoms with Gasteiger partial charge in [-0.25, -0.2) is 4.79 Å². The van der Waals surface area contributed by atoms with Crippen LogP contribution >= 0.6 is 23.2 Å². The van der Waals surface area contributed by atoms with Gasteiger partial charge in [-0.1, -0.05) is 43.1 Å². The Morgan fingerprint density at radius 1 is 1.09 bits per heavy atom. The highest BCUT2D eigenvalue weighted by Gasteiger charge is 2.58. The molecule has 0 heterocycles. The minimum Gasteiger partial charge on any atom is -0.481 e. The average molecular weight is 501 g/mol. The highest BCUT2D eigenvalue weighted by atomic mass is 35.5. The maximum atomic E-state index is 12.8. The minimum atomic E-state index is -1.16. The van der Waals surface area contributed by atoms with E-state index >= 15 is 0 Å².